The molecule has 0 spiro atoms. The van der Waals surface area contributed by atoms with Crippen LogP contribution in [-0.2, 0) is 20.6 Å². The summed E-state index contributed by atoms with van der Waals surface area (Å²) in [7, 11) is -3.45. The van der Waals surface area contributed by atoms with Crippen molar-refractivity contribution < 1.29 is 13.2 Å². The summed E-state index contributed by atoms with van der Waals surface area (Å²) in [6.45, 7) is 2.93. The predicted molar refractivity (Wildman–Crippen MR) is 123 cm³/mol. The zero-order valence-corrected chi connectivity index (χ0v) is 19.1. The number of carbonyl (C=O) groups is 1. The van der Waals surface area contributed by atoms with Gasteiger partial charge in [0, 0.05) is 36.0 Å². The minimum absolute atomic E-state index is 0.0685. The Balaban J connectivity index is 1.70. The van der Waals surface area contributed by atoms with Crippen molar-refractivity contribution in [1.29, 1.82) is 0 Å². The summed E-state index contributed by atoms with van der Waals surface area (Å²) in [5.74, 6) is 1.69. The van der Waals surface area contributed by atoms with Gasteiger partial charge in [0.25, 0.3) is 0 Å². The molecule has 0 unspecified atom stereocenters. The van der Waals surface area contributed by atoms with Crippen LogP contribution in [0.4, 0.5) is 5.69 Å². The number of thioether (sulfide) groups is 1. The molecule has 5 nitrogen and oxygen atoms in total. The molecule has 0 aromatic heterocycles. The highest BCUT2D eigenvalue weighted by Gasteiger charge is 2.17. The normalized spacial score (nSPS) is 11.3. The maximum atomic E-state index is 12.1. The maximum Gasteiger partial charge on any atom is 0.232 e. The summed E-state index contributed by atoms with van der Waals surface area (Å²) in [4.78, 5) is 12.0. The van der Waals surface area contributed by atoms with E-state index in [1.807, 2.05) is 12.1 Å². The molecule has 0 heterocycles. The summed E-state index contributed by atoms with van der Waals surface area (Å²) in [5.41, 5.74) is 3.10. The fraction of sp³-hybridized carbons (Fsp3) is 0.381. The van der Waals surface area contributed by atoms with E-state index >= 15 is 0 Å². The van der Waals surface area contributed by atoms with E-state index in [9.17, 15) is 13.2 Å². The predicted octanol–water partition coefficient (Wildman–Crippen LogP) is 4.24. The van der Waals surface area contributed by atoms with Gasteiger partial charge in [0.15, 0.2) is 0 Å². The van der Waals surface area contributed by atoms with Crippen LogP contribution < -0.4 is 9.62 Å². The highest BCUT2D eigenvalue weighted by Crippen LogP contribution is 2.22. The van der Waals surface area contributed by atoms with Gasteiger partial charge in [0.05, 0.1) is 11.9 Å². The number of aryl methyl sites for hydroxylation is 1. The van der Waals surface area contributed by atoms with Crippen LogP contribution in [0.1, 0.15) is 24.0 Å². The third kappa shape index (κ3) is 8.28. The van der Waals surface area contributed by atoms with E-state index in [-0.39, 0.29) is 18.9 Å². The van der Waals surface area contributed by atoms with E-state index in [2.05, 4.69) is 24.4 Å². The van der Waals surface area contributed by atoms with Crippen molar-refractivity contribution in [2.75, 3.05) is 29.4 Å². The van der Waals surface area contributed by atoms with E-state index in [1.54, 1.807) is 36.0 Å². The average Bonchev–Trinajstić information content (AvgIpc) is 2.65. The van der Waals surface area contributed by atoms with Gasteiger partial charge in [0.1, 0.15) is 0 Å². The molecule has 0 saturated carbocycles. The second kappa shape index (κ2) is 11.5. The standard InChI is InChI=1S/C21H27ClN2O3S2/c1-17-7-3-4-8-18(17)16-28-14-12-23-21(25)11-6-13-24(29(2,26)27)20-10-5-9-19(22)15-20/h3-5,7-10,15H,6,11-14,16H2,1-2H3,(H,23,25). The van der Waals surface area contributed by atoms with Crippen LogP contribution in [0.5, 0.6) is 0 Å². The van der Waals surface area contributed by atoms with Crippen LogP contribution in [0.3, 0.4) is 0 Å². The van der Waals surface area contributed by atoms with Gasteiger partial charge in [0.2, 0.25) is 15.9 Å². The molecule has 1 amide bonds. The molecular weight excluding hydrogens is 428 g/mol. The number of rotatable bonds is 11. The first-order chi connectivity index (χ1) is 13.8. The van der Waals surface area contributed by atoms with Crippen molar-refractivity contribution in [2.45, 2.75) is 25.5 Å². The third-order valence-electron chi connectivity index (χ3n) is 4.35. The maximum absolute atomic E-state index is 12.1. The zero-order chi connectivity index (χ0) is 21.3. The molecule has 29 heavy (non-hydrogen) atoms. The molecule has 1 N–H and O–H groups in total. The van der Waals surface area contributed by atoms with Crippen LogP contribution in [0.25, 0.3) is 0 Å². The summed E-state index contributed by atoms with van der Waals surface area (Å²) in [6, 6.07) is 15.0. The third-order valence-corrected chi connectivity index (χ3v) is 6.79. The Kier molecular flexibility index (Phi) is 9.33. The lowest BCUT2D eigenvalue weighted by Crippen LogP contribution is -2.32. The van der Waals surface area contributed by atoms with Crippen molar-refractivity contribution >= 4 is 45.0 Å². The first kappa shape index (κ1) is 23.6. The van der Waals surface area contributed by atoms with Gasteiger partial charge in [-0.1, -0.05) is 41.9 Å². The Morgan fingerprint density at radius 2 is 1.93 bits per heavy atom. The molecule has 0 aliphatic rings. The molecule has 0 saturated heterocycles. The highest BCUT2D eigenvalue weighted by molar-refractivity contribution is 7.98. The molecule has 2 aromatic carbocycles. The minimum atomic E-state index is -3.45. The number of benzene rings is 2. The molecule has 0 fully saturated rings. The number of hydrogen-bond donors (Lipinski definition) is 1. The number of amides is 1. The lowest BCUT2D eigenvalue weighted by Gasteiger charge is -2.22. The monoisotopic (exact) mass is 454 g/mol. The topological polar surface area (TPSA) is 66.5 Å². The van der Waals surface area contributed by atoms with Crippen molar-refractivity contribution in [3.05, 3.63) is 64.7 Å². The van der Waals surface area contributed by atoms with Crippen molar-refractivity contribution in [1.82, 2.24) is 5.32 Å². The summed E-state index contributed by atoms with van der Waals surface area (Å²) < 4.78 is 25.4. The van der Waals surface area contributed by atoms with Gasteiger partial charge in [-0.2, -0.15) is 11.8 Å². The lowest BCUT2D eigenvalue weighted by atomic mass is 10.1. The largest absolute Gasteiger partial charge is 0.355 e. The molecule has 0 atom stereocenters. The van der Waals surface area contributed by atoms with Gasteiger partial charge in [-0.05, 0) is 42.7 Å². The molecule has 8 heteroatoms. The molecular formula is C21H27ClN2O3S2. The van der Waals surface area contributed by atoms with Gasteiger partial charge in [-0.25, -0.2) is 8.42 Å². The van der Waals surface area contributed by atoms with Crippen LogP contribution in [0.15, 0.2) is 48.5 Å². The molecule has 2 rings (SSSR count). The number of halogens is 1. The quantitative estimate of drug-likeness (QED) is 0.515. The first-order valence-electron chi connectivity index (χ1n) is 9.39. The lowest BCUT2D eigenvalue weighted by molar-refractivity contribution is -0.121. The molecule has 0 radical (unpaired) electrons. The number of anilines is 1. The van der Waals surface area contributed by atoms with Crippen LogP contribution in [0, 0.1) is 6.92 Å². The number of sulfonamides is 1. The SMILES string of the molecule is Cc1ccccc1CSCCNC(=O)CCCN(c1cccc(Cl)c1)S(C)(=O)=O. The molecule has 2 aromatic rings. The molecule has 0 bridgehead atoms. The Bertz CT molecular complexity index is 920. The Morgan fingerprint density at radius 3 is 2.62 bits per heavy atom. The molecule has 158 valence electrons. The highest BCUT2D eigenvalue weighted by atomic mass is 35.5. The molecule has 0 aliphatic carbocycles. The van der Waals surface area contributed by atoms with Gasteiger partial charge in [-0.3, -0.25) is 9.10 Å². The second-order valence-corrected chi connectivity index (χ2v) is 10.2. The summed E-state index contributed by atoms with van der Waals surface area (Å²) in [6.07, 6.45) is 1.86. The Labute approximate surface area is 182 Å². The van der Waals surface area contributed by atoms with Crippen molar-refractivity contribution in [3.63, 3.8) is 0 Å². The summed E-state index contributed by atoms with van der Waals surface area (Å²) >= 11 is 7.74. The minimum Gasteiger partial charge on any atom is -0.355 e. The van der Waals surface area contributed by atoms with Crippen LogP contribution >= 0.6 is 23.4 Å². The van der Waals surface area contributed by atoms with E-state index in [0.717, 1.165) is 17.8 Å². The van der Waals surface area contributed by atoms with Crippen molar-refractivity contribution in [2.24, 2.45) is 0 Å². The number of nitrogens with one attached hydrogen (secondary N) is 1. The smallest absolute Gasteiger partial charge is 0.232 e. The molecule has 0 aliphatic heterocycles. The van der Waals surface area contributed by atoms with Gasteiger partial charge in [-0.15, -0.1) is 0 Å². The fourth-order valence-electron chi connectivity index (χ4n) is 2.81. The number of hydrogen-bond acceptors (Lipinski definition) is 4. The average molecular weight is 455 g/mol. The van der Waals surface area contributed by atoms with E-state index < -0.39 is 10.0 Å². The summed E-state index contributed by atoms with van der Waals surface area (Å²) in [5, 5.41) is 3.37. The van der Waals surface area contributed by atoms with E-state index in [1.165, 1.54) is 15.4 Å². The van der Waals surface area contributed by atoms with Gasteiger partial charge >= 0.3 is 0 Å². The zero-order valence-electron chi connectivity index (χ0n) is 16.7. The second-order valence-electron chi connectivity index (χ2n) is 6.75. The number of nitrogens with zero attached hydrogens (tertiary/aromatic N) is 1. The van der Waals surface area contributed by atoms with E-state index in [4.69, 9.17) is 11.6 Å². The van der Waals surface area contributed by atoms with E-state index in [0.29, 0.717) is 23.7 Å². The Morgan fingerprint density at radius 1 is 1.17 bits per heavy atom. The fourth-order valence-corrected chi connectivity index (χ4v) is 4.88. The first-order valence-corrected chi connectivity index (χ1v) is 12.8. The van der Waals surface area contributed by atoms with Crippen LogP contribution in [-0.4, -0.2) is 39.4 Å². The van der Waals surface area contributed by atoms with Gasteiger partial charge < -0.3 is 5.32 Å². The van der Waals surface area contributed by atoms with Crippen LogP contribution in [0.2, 0.25) is 5.02 Å². The number of carbonyl (C=O) groups excluding carboxylic acids is 1. The Hall–Kier alpha value is -1.70. The van der Waals surface area contributed by atoms with Crippen molar-refractivity contribution in [3.8, 4) is 0 Å².